The van der Waals surface area contributed by atoms with Gasteiger partial charge >= 0.3 is 0 Å². The Hall–Kier alpha value is -2.23. The van der Waals surface area contributed by atoms with Crippen LogP contribution in [0.5, 0.6) is 0 Å². The molecule has 106 valence electrons. The Morgan fingerprint density at radius 1 is 0.952 bits per heavy atom. The summed E-state index contributed by atoms with van der Waals surface area (Å²) in [6, 6.07) is 20.1. The number of rotatable bonds is 5. The van der Waals surface area contributed by atoms with Crippen LogP contribution in [0.25, 0.3) is 10.9 Å². The van der Waals surface area contributed by atoms with Crippen molar-refractivity contribution in [3.63, 3.8) is 0 Å². The molecule has 0 amide bonds. The van der Waals surface area contributed by atoms with Gasteiger partial charge in [0, 0.05) is 18.1 Å². The molecule has 0 spiro atoms. The van der Waals surface area contributed by atoms with Crippen molar-refractivity contribution in [1.29, 1.82) is 0 Å². The maximum atomic E-state index is 9.60. The average Bonchev–Trinajstić information content (AvgIpc) is 2.56. The van der Waals surface area contributed by atoms with Crippen LogP contribution < -0.4 is 5.32 Å². The highest BCUT2D eigenvalue weighted by molar-refractivity contribution is 5.81. The number of pyridine rings is 1. The molecule has 0 aliphatic carbocycles. The molecular formula is C18H18N2O. The maximum absolute atomic E-state index is 9.60. The van der Waals surface area contributed by atoms with E-state index in [1.165, 1.54) is 5.56 Å². The molecule has 0 saturated carbocycles. The number of nitrogens with zero attached hydrogens (tertiary/aromatic N) is 1. The number of fused-ring (bicyclic) bond motifs is 1. The highest BCUT2D eigenvalue weighted by Gasteiger charge is 2.10. The van der Waals surface area contributed by atoms with E-state index in [-0.39, 0.29) is 12.6 Å². The summed E-state index contributed by atoms with van der Waals surface area (Å²) in [5.41, 5.74) is 3.28. The first-order valence-electron chi connectivity index (χ1n) is 7.10. The van der Waals surface area contributed by atoms with Crippen LogP contribution >= 0.6 is 0 Å². The molecule has 1 aromatic heterocycles. The third kappa shape index (κ3) is 3.10. The Morgan fingerprint density at radius 2 is 1.71 bits per heavy atom. The highest BCUT2D eigenvalue weighted by Crippen LogP contribution is 2.18. The maximum Gasteiger partial charge on any atom is 0.0705 e. The monoisotopic (exact) mass is 278 g/mol. The van der Waals surface area contributed by atoms with Crippen LogP contribution in [0.1, 0.15) is 17.2 Å². The van der Waals surface area contributed by atoms with E-state index in [2.05, 4.69) is 16.4 Å². The first-order chi connectivity index (χ1) is 10.4. The van der Waals surface area contributed by atoms with E-state index in [1.54, 1.807) is 0 Å². The van der Waals surface area contributed by atoms with E-state index in [0.717, 1.165) is 16.5 Å². The molecule has 3 heteroatoms. The summed E-state index contributed by atoms with van der Waals surface area (Å²) in [4.78, 5) is 4.37. The lowest BCUT2D eigenvalue weighted by atomic mass is 10.1. The molecule has 21 heavy (non-hydrogen) atoms. The molecule has 0 saturated heterocycles. The van der Waals surface area contributed by atoms with Crippen LogP contribution in [0.15, 0.2) is 66.9 Å². The van der Waals surface area contributed by atoms with Gasteiger partial charge in [-0.25, -0.2) is 0 Å². The van der Waals surface area contributed by atoms with Gasteiger partial charge in [0.15, 0.2) is 0 Å². The van der Waals surface area contributed by atoms with Crippen LogP contribution in [0.2, 0.25) is 0 Å². The number of aromatic nitrogens is 1. The Labute approximate surface area is 124 Å². The third-order valence-corrected chi connectivity index (χ3v) is 3.66. The number of para-hydroxylation sites is 1. The lowest BCUT2D eigenvalue weighted by Gasteiger charge is -2.17. The Balaban J connectivity index is 1.79. The first-order valence-corrected chi connectivity index (χ1v) is 7.10. The van der Waals surface area contributed by atoms with Crippen LogP contribution in [-0.2, 0) is 6.54 Å². The van der Waals surface area contributed by atoms with E-state index < -0.39 is 0 Å². The zero-order chi connectivity index (χ0) is 14.5. The number of hydrogen-bond donors (Lipinski definition) is 2. The minimum absolute atomic E-state index is 0.0573. The van der Waals surface area contributed by atoms with Crippen molar-refractivity contribution in [1.82, 2.24) is 10.3 Å². The second kappa shape index (κ2) is 6.48. The summed E-state index contributed by atoms with van der Waals surface area (Å²) in [5, 5.41) is 14.2. The Morgan fingerprint density at radius 3 is 2.52 bits per heavy atom. The fourth-order valence-electron chi connectivity index (χ4n) is 2.52. The molecule has 1 atom stereocenters. The molecule has 3 nitrogen and oxygen atoms in total. The second-order valence-electron chi connectivity index (χ2n) is 5.01. The molecule has 0 bridgehead atoms. The van der Waals surface area contributed by atoms with Gasteiger partial charge in [0.05, 0.1) is 18.2 Å². The summed E-state index contributed by atoms with van der Waals surface area (Å²) in [6.07, 6.45) is 1.83. The molecule has 0 fully saturated rings. The zero-order valence-corrected chi connectivity index (χ0v) is 11.7. The van der Waals surface area contributed by atoms with Crippen molar-refractivity contribution in [2.45, 2.75) is 12.6 Å². The largest absolute Gasteiger partial charge is 0.394 e. The minimum atomic E-state index is -0.0573. The number of hydrogen-bond acceptors (Lipinski definition) is 3. The number of aliphatic hydroxyl groups excluding tert-OH is 1. The molecule has 0 radical (unpaired) electrons. The number of aliphatic hydroxyl groups is 1. The van der Waals surface area contributed by atoms with Gasteiger partial charge in [0.2, 0.25) is 0 Å². The topological polar surface area (TPSA) is 45.1 Å². The quantitative estimate of drug-likeness (QED) is 0.754. The molecular weight excluding hydrogens is 260 g/mol. The van der Waals surface area contributed by atoms with E-state index in [1.807, 2.05) is 60.8 Å². The van der Waals surface area contributed by atoms with E-state index in [0.29, 0.717) is 6.54 Å². The predicted molar refractivity (Wildman–Crippen MR) is 84.9 cm³/mol. The molecule has 0 aliphatic rings. The summed E-state index contributed by atoms with van der Waals surface area (Å²) in [5.74, 6) is 0. The lowest BCUT2D eigenvalue weighted by Crippen LogP contribution is -2.24. The molecule has 3 rings (SSSR count). The van der Waals surface area contributed by atoms with Gasteiger partial charge in [0.25, 0.3) is 0 Å². The summed E-state index contributed by atoms with van der Waals surface area (Å²) >= 11 is 0. The molecule has 0 aliphatic heterocycles. The molecule has 2 N–H and O–H groups in total. The third-order valence-electron chi connectivity index (χ3n) is 3.66. The van der Waals surface area contributed by atoms with Crippen LogP contribution in [-0.4, -0.2) is 16.7 Å². The highest BCUT2D eigenvalue weighted by atomic mass is 16.3. The van der Waals surface area contributed by atoms with Crippen molar-refractivity contribution in [2.75, 3.05) is 6.61 Å². The second-order valence-corrected chi connectivity index (χ2v) is 5.01. The molecule has 0 unspecified atom stereocenters. The van der Waals surface area contributed by atoms with Gasteiger partial charge in [-0.15, -0.1) is 0 Å². The zero-order valence-electron chi connectivity index (χ0n) is 11.7. The van der Waals surface area contributed by atoms with E-state index in [9.17, 15) is 5.11 Å². The van der Waals surface area contributed by atoms with Gasteiger partial charge in [-0.3, -0.25) is 4.98 Å². The summed E-state index contributed by atoms with van der Waals surface area (Å²) < 4.78 is 0. The van der Waals surface area contributed by atoms with E-state index in [4.69, 9.17) is 0 Å². The smallest absolute Gasteiger partial charge is 0.0705 e. The van der Waals surface area contributed by atoms with Gasteiger partial charge in [0.1, 0.15) is 0 Å². The van der Waals surface area contributed by atoms with Gasteiger partial charge in [-0.2, -0.15) is 0 Å². The fraction of sp³-hybridized carbons (Fsp3) is 0.167. The van der Waals surface area contributed by atoms with Gasteiger partial charge < -0.3 is 10.4 Å². The minimum Gasteiger partial charge on any atom is -0.394 e. The normalized spacial score (nSPS) is 12.4. The van der Waals surface area contributed by atoms with Crippen LogP contribution in [0.4, 0.5) is 0 Å². The summed E-state index contributed by atoms with van der Waals surface area (Å²) in [7, 11) is 0. The Kier molecular flexibility index (Phi) is 4.24. The van der Waals surface area contributed by atoms with Crippen LogP contribution in [0, 0.1) is 0 Å². The number of benzene rings is 2. The van der Waals surface area contributed by atoms with Crippen molar-refractivity contribution in [3.8, 4) is 0 Å². The average molecular weight is 278 g/mol. The molecule has 1 heterocycles. The standard InChI is InChI=1S/C18H18N2O/c21-13-18(14-6-2-1-3-7-14)20-12-15-10-11-19-17-9-5-4-8-16(15)17/h1-11,18,20-21H,12-13H2/t18-/m0/s1. The van der Waals surface area contributed by atoms with Crippen molar-refractivity contribution >= 4 is 10.9 Å². The van der Waals surface area contributed by atoms with Gasteiger partial charge in [-0.05, 0) is 23.3 Å². The van der Waals surface area contributed by atoms with Crippen LogP contribution in [0.3, 0.4) is 0 Å². The Bertz CT molecular complexity index is 707. The van der Waals surface area contributed by atoms with Crippen molar-refractivity contribution < 1.29 is 5.11 Å². The first kappa shape index (κ1) is 13.7. The summed E-state index contributed by atoms with van der Waals surface area (Å²) in [6.45, 7) is 0.774. The fourth-order valence-corrected chi connectivity index (χ4v) is 2.52. The van der Waals surface area contributed by atoms with Crippen molar-refractivity contribution in [3.05, 3.63) is 78.0 Å². The van der Waals surface area contributed by atoms with E-state index >= 15 is 0 Å². The lowest BCUT2D eigenvalue weighted by molar-refractivity contribution is 0.244. The SMILES string of the molecule is OC[C@H](NCc1ccnc2ccccc12)c1ccccc1. The van der Waals surface area contributed by atoms with Crippen molar-refractivity contribution in [2.24, 2.45) is 0 Å². The molecule has 2 aromatic carbocycles. The predicted octanol–water partition coefficient (Wildman–Crippen LogP) is 3.06. The molecule has 3 aromatic rings. The number of nitrogens with one attached hydrogen (secondary N) is 1. The van der Waals surface area contributed by atoms with Gasteiger partial charge in [-0.1, -0.05) is 48.5 Å².